The number of aryl methyl sites for hydroxylation is 1. The van der Waals surface area contributed by atoms with E-state index in [-0.39, 0.29) is 6.42 Å². The van der Waals surface area contributed by atoms with Crippen molar-refractivity contribution in [2.45, 2.75) is 19.4 Å². The summed E-state index contributed by atoms with van der Waals surface area (Å²) in [7, 11) is 0. The van der Waals surface area contributed by atoms with Crippen molar-refractivity contribution < 1.29 is 9.90 Å². The van der Waals surface area contributed by atoms with Crippen LogP contribution in [0.1, 0.15) is 23.6 Å². The molecule has 3 N–H and O–H groups in total. The number of hydrogen-bond acceptors (Lipinski definition) is 2. The third kappa shape index (κ3) is 3.38. The minimum Gasteiger partial charge on any atom is -0.481 e. The number of hydrogen-bond donors (Lipinski definition) is 2. The molecule has 0 radical (unpaired) electrons. The normalized spacial score (nSPS) is 12.2. The van der Waals surface area contributed by atoms with Gasteiger partial charge in [0, 0.05) is 11.1 Å². The fourth-order valence-electron chi connectivity index (χ4n) is 2.14. The zero-order chi connectivity index (χ0) is 14.7. The first-order valence-electron chi connectivity index (χ1n) is 6.31. The lowest BCUT2D eigenvalue weighted by Gasteiger charge is -2.13. The van der Waals surface area contributed by atoms with Crippen molar-refractivity contribution >= 4 is 17.6 Å². The number of halogens is 1. The Morgan fingerprint density at radius 1 is 1.30 bits per heavy atom. The third-order valence-corrected chi connectivity index (χ3v) is 3.46. The molecule has 0 aliphatic rings. The highest BCUT2D eigenvalue weighted by atomic mass is 35.5. The summed E-state index contributed by atoms with van der Waals surface area (Å²) in [6, 6.07) is 12.8. The van der Waals surface area contributed by atoms with E-state index in [4.69, 9.17) is 22.4 Å². The van der Waals surface area contributed by atoms with E-state index in [2.05, 4.69) is 0 Å². The van der Waals surface area contributed by atoms with Gasteiger partial charge in [0.15, 0.2) is 0 Å². The Bertz CT molecular complexity index is 640. The van der Waals surface area contributed by atoms with Gasteiger partial charge in [-0.05, 0) is 47.4 Å². The van der Waals surface area contributed by atoms with Gasteiger partial charge in [-0.2, -0.15) is 0 Å². The van der Waals surface area contributed by atoms with Crippen LogP contribution in [0.3, 0.4) is 0 Å². The van der Waals surface area contributed by atoms with E-state index in [9.17, 15) is 4.79 Å². The Balaban J connectivity index is 2.41. The quantitative estimate of drug-likeness (QED) is 0.900. The smallest absolute Gasteiger partial charge is 0.305 e. The summed E-state index contributed by atoms with van der Waals surface area (Å²) in [6.45, 7) is 2.00. The number of carboxylic acids is 1. The van der Waals surface area contributed by atoms with Crippen molar-refractivity contribution in [2.75, 3.05) is 0 Å². The van der Waals surface area contributed by atoms with Gasteiger partial charge in [-0.3, -0.25) is 4.79 Å². The maximum absolute atomic E-state index is 10.8. The summed E-state index contributed by atoms with van der Waals surface area (Å²) < 4.78 is 0. The van der Waals surface area contributed by atoms with Gasteiger partial charge >= 0.3 is 5.97 Å². The van der Waals surface area contributed by atoms with Crippen LogP contribution in [-0.4, -0.2) is 11.1 Å². The lowest BCUT2D eigenvalue weighted by atomic mass is 9.95. The average molecular weight is 290 g/mol. The van der Waals surface area contributed by atoms with E-state index >= 15 is 0 Å². The average Bonchev–Trinajstić information content (AvgIpc) is 2.38. The molecule has 0 bridgehead atoms. The molecular formula is C16H16ClNO2. The molecule has 0 amide bonds. The van der Waals surface area contributed by atoms with E-state index in [1.807, 2.05) is 49.4 Å². The highest BCUT2D eigenvalue weighted by Crippen LogP contribution is 2.28. The number of carboxylic acid groups (broad SMARTS) is 1. The fourth-order valence-corrected chi connectivity index (χ4v) is 2.33. The predicted octanol–water partition coefficient (Wildman–Crippen LogP) is 3.79. The molecule has 0 aromatic heterocycles. The van der Waals surface area contributed by atoms with Gasteiger partial charge in [-0.25, -0.2) is 0 Å². The van der Waals surface area contributed by atoms with Gasteiger partial charge in [0.05, 0.1) is 6.42 Å². The minimum atomic E-state index is -0.901. The number of carbonyl (C=O) groups is 1. The number of nitrogens with two attached hydrogens (primary N) is 1. The van der Waals surface area contributed by atoms with Crippen LogP contribution >= 0.6 is 11.6 Å². The largest absolute Gasteiger partial charge is 0.481 e. The van der Waals surface area contributed by atoms with Crippen LogP contribution in [0.25, 0.3) is 11.1 Å². The highest BCUT2D eigenvalue weighted by molar-refractivity contribution is 6.30. The Labute approximate surface area is 123 Å². The SMILES string of the molecule is Cc1ccc([C@@H](N)CC(=O)O)cc1-c1cccc(Cl)c1. The van der Waals surface area contributed by atoms with Crippen molar-refractivity contribution in [3.05, 3.63) is 58.6 Å². The van der Waals surface area contributed by atoms with Crippen LogP contribution in [0.15, 0.2) is 42.5 Å². The predicted molar refractivity (Wildman–Crippen MR) is 80.8 cm³/mol. The van der Waals surface area contributed by atoms with Gasteiger partial charge in [0.2, 0.25) is 0 Å². The van der Waals surface area contributed by atoms with Crippen molar-refractivity contribution in [3.8, 4) is 11.1 Å². The molecule has 0 unspecified atom stereocenters. The van der Waals surface area contributed by atoms with Crippen LogP contribution in [-0.2, 0) is 4.79 Å². The molecule has 1 atom stereocenters. The van der Waals surface area contributed by atoms with Crippen LogP contribution in [0.4, 0.5) is 0 Å². The molecule has 0 fully saturated rings. The van der Waals surface area contributed by atoms with Crippen molar-refractivity contribution in [1.82, 2.24) is 0 Å². The lowest BCUT2D eigenvalue weighted by molar-refractivity contribution is -0.137. The van der Waals surface area contributed by atoms with Gasteiger partial charge in [-0.15, -0.1) is 0 Å². The number of aliphatic carboxylic acids is 1. The molecule has 0 heterocycles. The first-order chi connectivity index (χ1) is 9.47. The minimum absolute atomic E-state index is 0.0853. The van der Waals surface area contributed by atoms with E-state index in [0.29, 0.717) is 5.02 Å². The van der Waals surface area contributed by atoms with Gasteiger partial charge < -0.3 is 10.8 Å². The number of benzene rings is 2. The van der Waals surface area contributed by atoms with E-state index in [1.165, 1.54) is 0 Å². The second-order valence-corrected chi connectivity index (χ2v) is 5.23. The molecule has 104 valence electrons. The molecule has 20 heavy (non-hydrogen) atoms. The maximum atomic E-state index is 10.8. The van der Waals surface area contributed by atoms with E-state index < -0.39 is 12.0 Å². The van der Waals surface area contributed by atoms with Crippen LogP contribution in [0, 0.1) is 6.92 Å². The summed E-state index contributed by atoms with van der Waals surface area (Å²) in [5.41, 5.74) is 9.84. The standard InChI is InChI=1S/C16H16ClNO2/c1-10-5-6-12(15(18)9-16(19)20)8-14(10)11-3-2-4-13(17)7-11/h2-8,15H,9,18H2,1H3,(H,19,20)/t15-/m0/s1. The second-order valence-electron chi connectivity index (χ2n) is 4.79. The van der Waals surface area contributed by atoms with Crippen LogP contribution < -0.4 is 5.73 Å². The Morgan fingerprint density at radius 3 is 2.70 bits per heavy atom. The van der Waals surface area contributed by atoms with Gasteiger partial charge in [0.25, 0.3) is 0 Å². The molecule has 3 nitrogen and oxygen atoms in total. The van der Waals surface area contributed by atoms with E-state index in [1.54, 1.807) is 0 Å². The maximum Gasteiger partial charge on any atom is 0.305 e. The first kappa shape index (κ1) is 14.6. The molecule has 0 aliphatic carbocycles. The Kier molecular flexibility index (Phi) is 4.42. The lowest BCUT2D eigenvalue weighted by Crippen LogP contribution is -2.15. The Morgan fingerprint density at radius 2 is 2.05 bits per heavy atom. The monoisotopic (exact) mass is 289 g/mol. The molecule has 0 aliphatic heterocycles. The number of rotatable bonds is 4. The zero-order valence-electron chi connectivity index (χ0n) is 11.1. The van der Waals surface area contributed by atoms with Gasteiger partial charge in [-0.1, -0.05) is 35.9 Å². The van der Waals surface area contributed by atoms with Crippen LogP contribution in [0.5, 0.6) is 0 Å². The molecule has 2 rings (SSSR count). The molecule has 0 saturated heterocycles. The first-order valence-corrected chi connectivity index (χ1v) is 6.69. The molecule has 0 spiro atoms. The second kappa shape index (κ2) is 6.07. The molecular weight excluding hydrogens is 274 g/mol. The molecule has 4 heteroatoms. The summed E-state index contributed by atoms with van der Waals surface area (Å²) in [6.07, 6.45) is -0.0853. The van der Waals surface area contributed by atoms with Gasteiger partial charge in [0.1, 0.15) is 0 Å². The summed E-state index contributed by atoms with van der Waals surface area (Å²) in [5, 5.41) is 9.49. The zero-order valence-corrected chi connectivity index (χ0v) is 11.9. The topological polar surface area (TPSA) is 63.3 Å². The molecule has 0 saturated carbocycles. The van der Waals surface area contributed by atoms with Crippen LogP contribution in [0.2, 0.25) is 5.02 Å². The van der Waals surface area contributed by atoms with Crippen molar-refractivity contribution in [2.24, 2.45) is 5.73 Å². The Hall–Kier alpha value is -1.84. The van der Waals surface area contributed by atoms with E-state index in [0.717, 1.165) is 22.3 Å². The molecule has 2 aromatic rings. The van der Waals surface area contributed by atoms with Crippen molar-refractivity contribution in [1.29, 1.82) is 0 Å². The third-order valence-electron chi connectivity index (χ3n) is 3.22. The summed E-state index contributed by atoms with van der Waals surface area (Å²) in [5.74, 6) is -0.901. The highest BCUT2D eigenvalue weighted by Gasteiger charge is 2.12. The van der Waals surface area contributed by atoms with Crippen molar-refractivity contribution in [3.63, 3.8) is 0 Å². The molecule has 2 aromatic carbocycles. The summed E-state index contributed by atoms with van der Waals surface area (Å²) in [4.78, 5) is 10.8. The summed E-state index contributed by atoms with van der Waals surface area (Å²) >= 11 is 6.02. The fraction of sp³-hybridized carbons (Fsp3) is 0.188.